The van der Waals surface area contributed by atoms with Gasteiger partial charge in [0.15, 0.2) is 0 Å². The summed E-state index contributed by atoms with van der Waals surface area (Å²) < 4.78 is 5.31. The average Bonchev–Trinajstić information content (AvgIpc) is 2.98. The van der Waals surface area contributed by atoms with E-state index in [0.29, 0.717) is 5.89 Å². The van der Waals surface area contributed by atoms with Gasteiger partial charge in [0.25, 0.3) is 0 Å². The van der Waals surface area contributed by atoms with Crippen LogP contribution in [0.25, 0.3) is 0 Å². The summed E-state index contributed by atoms with van der Waals surface area (Å²) in [7, 11) is 0. The van der Waals surface area contributed by atoms with Gasteiger partial charge in [-0.05, 0) is 18.9 Å². The normalized spacial score (nSPS) is 20.1. The maximum atomic E-state index is 11.8. The van der Waals surface area contributed by atoms with Crippen LogP contribution in [0.5, 0.6) is 0 Å². The number of aliphatic hydroxyl groups is 1. The molecule has 7 heteroatoms. The van der Waals surface area contributed by atoms with Crippen molar-refractivity contribution < 1.29 is 14.3 Å². The summed E-state index contributed by atoms with van der Waals surface area (Å²) in [5, 5.41) is 19.3. The molecule has 0 spiro atoms. The summed E-state index contributed by atoms with van der Waals surface area (Å²) in [5.74, 6) is 0.764. The van der Waals surface area contributed by atoms with E-state index < -0.39 is 0 Å². The average molecular weight is 268 g/mol. The van der Waals surface area contributed by atoms with E-state index in [1.807, 2.05) is 18.7 Å². The molecule has 0 aliphatic carbocycles. The largest absolute Gasteiger partial charge is 0.408 e. The fourth-order valence-corrected chi connectivity index (χ4v) is 2.09. The number of likely N-dealkylation sites (tertiary alicyclic amines) is 1. The Kier molecular flexibility index (Phi) is 4.49. The zero-order valence-corrected chi connectivity index (χ0v) is 11.3. The van der Waals surface area contributed by atoms with E-state index in [1.54, 1.807) is 0 Å². The number of aliphatic hydroxyl groups excluding tert-OH is 1. The van der Waals surface area contributed by atoms with Crippen LogP contribution in [-0.2, 0) is 4.79 Å². The summed E-state index contributed by atoms with van der Waals surface area (Å²) in [4.78, 5) is 13.8. The number of nitrogens with zero attached hydrogens (tertiary/aromatic N) is 3. The predicted molar refractivity (Wildman–Crippen MR) is 68.6 cm³/mol. The number of hydrogen-bond donors (Lipinski definition) is 2. The van der Waals surface area contributed by atoms with E-state index in [0.717, 1.165) is 19.5 Å². The van der Waals surface area contributed by atoms with Gasteiger partial charge in [0.05, 0.1) is 6.54 Å². The van der Waals surface area contributed by atoms with Gasteiger partial charge < -0.3 is 9.52 Å². The van der Waals surface area contributed by atoms with Crippen LogP contribution < -0.4 is 5.32 Å². The molecule has 1 saturated heterocycles. The number of anilines is 1. The van der Waals surface area contributed by atoms with Crippen LogP contribution in [-0.4, -0.2) is 52.4 Å². The first-order chi connectivity index (χ1) is 9.08. The van der Waals surface area contributed by atoms with Crippen LogP contribution in [0.3, 0.4) is 0 Å². The Labute approximate surface area is 112 Å². The molecule has 2 heterocycles. The lowest BCUT2D eigenvalue weighted by atomic mass is 10.1. The first kappa shape index (κ1) is 14.0. The highest BCUT2D eigenvalue weighted by atomic mass is 16.4. The van der Waals surface area contributed by atoms with Crippen LogP contribution in [0.1, 0.15) is 32.1 Å². The molecule has 1 atom stereocenters. The Morgan fingerprint density at radius 1 is 1.58 bits per heavy atom. The fourth-order valence-electron chi connectivity index (χ4n) is 2.09. The van der Waals surface area contributed by atoms with Crippen LogP contribution >= 0.6 is 0 Å². The van der Waals surface area contributed by atoms with E-state index in [-0.39, 0.29) is 36.9 Å². The Morgan fingerprint density at radius 3 is 2.95 bits per heavy atom. The van der Waals surface area contributed by atoms with Gasteiger partial charge in [0.1, 0.15) is 0 Å². The molecule has 19 heavy (non-hydrogen) atoms. The quantitative estimate of drug-likeness (QED) is 0.805. The highest BCUT2D eigenvalue weighted by Gasteiger charge is 2.23. The van der Waals surface area contributed by atoms with Gasteiger partial charge in [-0.15, -0.1) is 5.10 Å². The third-order valence-corrected chi connectivity index (χ3v) is 3.18. The molecule has 2 N–H and O–H groups in total. The molecule has 1 unspecified atom stereocenters. The van der Waals surface area contributed by atoms with Crippen molar-refractivity contribution in [3.8, 4) is 0 Å². The van der Waals surface area contributed by atoms with Crippen LogP contribution in [0, 0.1) is 5.92 Å². The van der Waals surface area contributed by atoms with E-state index in [2.05, 4.69) is 15.5 Å². The van der Waals surface area contributed by atoms with Gasteiger partial charge >= 0.3 is 6.01 Å². The smallest absolute Gasteiger partial charge is 0.322 e. The summed E-state index contributed by atoms with van der Waals surface area (Å²) in [5.41, 5.74) is 0. The summed E-state index contributed by atoms with van der Waals surface area (Å²) in [6, 6.07) is 0.145. The minimum absolute atomic E-state index is 0.141. The predicted octanol–water partition coefficient (Wildman–Crippen LogP) is 0.446. The second-order valence-corrected chi connectivity index (χ2v) is 5.22. The monoisotopic (exact) mass is 268 g/mol. The Morgan fingerprint density at radius 2 is 2.37 bits per heavy atom. The van der Waals surface area contributed by atoms with Crippen LogP contribution in [0.15, 0.2) is 4.42 Å². The van der Waals surface area contributed by atoms with E-state index in [4.69, 9.17) is 9.52 Å². The zero-order valence-electron chi connectivity index (χ0n) is 11.3. The third-order valence-electron chi connectivity index (χ3n) is 3.18. The molecule has 0 bridgehead atoms. The number of nitrogens with one attached hydrogen (secondary N) is 1. The molecule has 2 rings (SSSR count). The number of carbonyl (C=O) groups is 1. The molecule has 1 aliphatic heterocycles. The SMILES string of the molecule is CC(C)c1nnc(NC(=O)CN2CCC(CO)C2)o1. The summed E-state index contributed by atoms with van der Waals surface area (Å²) in [6.45, 7) is 5.94. The Hall–Kier alpha value is -1.47. The lowest BCUT2D eigenvalue weighted by molar-refractivity contribution is -0.117. The minimum Gasteiger partial charge on any atom is -0.408 e. The molecule has 7 nitrogen and oxygen atoms in total. The van der Waals surface area contributed by atoms with Crippen molar-refractivity contribution in [2.24, 2.45) is 5.92 Å². The van der Waals surface area contributed by atoms with E-state index in [9.17, 15) is 4.79 Å². The van der Waals surface area contributed by atoms with Gasteiger partial charge in [-0.1, -0.05) is 18.9 Å². The van der Waals surface area contributed by atoms with Crippen molar-refractivity contribution in [1.82, 2.24) is 15.1 Å². The summed E-state index contributed by atoms with van der Waals surface area (Å²) >= 11 is 0. The van der Waals surface area contributed by atoms with Gasteiger partial charge in [-0.2, -0.15) is 0 Å². The first-order valence-corrected chi connectivity index (χ1v) is 6.55. The number of carbonyl (C=O) groups excluding carboxylic acids is 1. The van der Waals surface area contributed by atoms with Crippen LogP contribution in [0.2, 0.25) is 0 Å². The lowest BCUT2D eigenvalue weighted by Crippen LogP contribution is -2.32. The molecule has 106 valence electrons. The maximum absolute atomic E-state index is 11.8. The van der Waals surface area contributed by atoms with Gasteiger partial charge in [0, 0.05) is 19.1 Å². The molecule has 1 aromatic heterocycles. The van der Waals surface area contributed by atoms with Crippen molar-refractivity contribution in [1.29, 1.82) is 0 Å². The Bertz CT molecular complexity index is 432. The molecule has 1 fully saturated rings. The van der Waals surface area contributed by atoms with Gasteiger partial charge in [-0.3, -0.25) is 15.0 Å². The number of aromatic nitrogens is 2. The van der Waals surface area contributed by atoms with E-state index in [1.165, 1.54) is 0 Å². The molecule has 0 radical (unpaired) electrons. The molecular weight excluding hydrogens is 248 g/mol. The van der Waals surface area contributed by atoms with Crippen molar-refractivity contribution in [3.05, 3.63) is 5.89 Å². The number of hydrogen-bond acceptors (Lipinski definition) is 6. The second kappa shape index (κ2) is 6.12. The molecule has 1 aliphatic rings. The molecule has 1 aromatic rings. The van der Waals surface area contributed by atoms with Crippen molar-refractivity contribution in [2.45, 2.75) is 26.2 Å². The highest BCUT2D eigenvalue weighted by Crippen LogP contribution is 2.16. The van der Waals surface area contributed by atoms with E-state index >= 15 is 0 Å². The Balaban J connectivity index is 1.81. The second-order valence-electron chi connectivity index (χ2n) is 5.22. The number of rotatable bonds is 5. The van der Waals surface area contributed by atoms with Crippen molar-refractivity contribution in [2.75, 3.05) is 31.6 Å². The zero-order chi connectivity index (χ0) is 13.8. The topological polar surface area (TPSA) is 91.5 Å². The van der Waals surface area contributed by atoms with Gasteiger partial charge in [0.2, 0.25) is 11.8 Å². The molecule has 1 amide bonds. The van der Waals surface area contributed by atoms with Crippen molar-refractivity contribution >= 4 is 11.9 Å². The molecular formula is C12H20N4O3. The minimum atomic E-state index is -0.169. The third kappa shape index (κ3) is 3.74. The first-order valence-electron chi connectivity index (χ1n) is 6.55. The molecule has 0 saturated carbocycles. The number of amides is 1. The standard InChI is InChI=1S/C12H20N4O3/c1-8(2)11-14-15-12(19-11)13-10(18)6-16-4-3-9(5-16)7-17/h8-9,17H,3-7H2,1-2H3,(H,13,15,18). The molecule has 0 aromatic carbocycles. The fraction of sp³-hybridized carbons (Fsp3) is 0.750. The van der Waals surface area contributed by atoms with Gasteiger partial charge in [-0.25, -0.2) is 0 Å². The summed E-state index contributed by atoms with van der Waals surface area (Å²) in [6.07, 6.45) is 0.932. The van der Waals surface area contributed by atoms with Crippen molar-refractivity contribution in [3.63, 3.8) is 0 Å². The van der Waals surface area contributed by atoms with Crippen LogP contribution in [0.4, 0.5) is 6.01 Å². The lowest BCUT2D eigenvalue weighted by Gasteiger charge is -2.13. The maximum Gasteiger partial charge on any atom is 0.322 e. The highest BCUT2D eigenvalue weighted by molar-refractivity contribution is 5.90.